The summed E-state index contributed by atoms with van der Waals surface area (Å²) in [6.07, 6.45) is 1.42. The van der Waals surface area contributed by atoms with Crippen LogP contribution < -0.4 is 5.32 Å². The number of pyridine rings is 1. The average molecular weight is 284 g/mol. The van der Waals surface area contributed by atoms with E-state index in [4.69, 9.17) is 4.42 Å². The molecule has 1 N–H and O–H groups in total. The monoisotopic (exact) mass is 284 g/mol. The highest BCUT2D eigenvalue weighted by Gasteiger charge is 2.22. The van der Waals surface area contributed by atoms with E-state index in [1.807, 2.05) is 12.1 Å². The number of nitrogens with zero attached hydrogens (tertiary/aromatic N) is 3. The zero-order valence-corrected chi connectivity index (χ0v) is 11.2. The Morgan fingerprint density at radius 1 is 1.40 bits per heavy atom. The summed E-state index contributed by atoms with van der Waals surface area (Å²) in [5.41, 5.74) is 0.446. The van der Waals surface area contributed by atoms with E-state index in [2.05, 4.69) is 22.9 Å². The molecule has 2 rings (SSSR count). The highest BCUT2D eigenvalue weighted by atomic mass is 32.1. The summed E-state index contributed by atoms with van der Waals surface area (Å²) in [4.78, 5) is 15.1. The second-order valence-electron chi connectivity index (χ2n) is 3.79. The van der Waals surface area contributed by atoms with E-state index in [1.165, 1.54) is 13.2 Å². The molecule has 0 aliphatic carbocycles. The summed E-state index contributed by atoms with van der Waals surface area (Å²) in [5.74, 6) is 0.00892. The summed E-state index contributed by atoms with van der Waals surface area (Å²) in [7, 11) is 0. The molecule has 0 saturated carbocycles. The summed E-state index contributed by atoms with van der Waals surface area (Å²) >= 11 is 4.12. The van der Waals surface area contributed by atoms with Crippen molar-refractivity contribution in [1.82, 2.24) is 4.98 Å². The number of hydrogen-bond acceptors (Lipinski definition) is 6. The Kier molecular flexibility index (Phi) is 3.74. The fraction of sp³-hybridized carbons (Fsp3) is 0.0769. The lowest BCUT2D eigenvalue weighted by atomic mass is 10.0. The molecule has 0 aliphatic rings. The minimum Gasteiger partial charge on any atom is -0.464 e. The Balaban J connectivity index is 2.82. The van der Waals surface area contributed by atoms with Gasteiger partial charge in [-0.05, 0) is 12.1 Å². The summed E-state index contributed by atoms with van der Waals surface area (Å²) < 4.78 is 5.24. The van der Waals surface area contributed by atoms with Crippen LogP contribution in [-0.4, -0.2) is 10.9 Å². The van der Waals surface area contributed by atoms with Crippen LogP contribution in [0.5, 0.6) is 0 Å². The lowest BCUT2D eigenvalue weighted by Gasteiger charge is -2.11. The van der Waals surface area contributed by atoms with Crippen LogP contribution in [0.25, 0.3) is 11.3 Å². The van der Waals surface area contributed by atoms with Gasteiger partial charge < -0.3 is 9.73 Å². The lowest BCUT2D eigenvalue weighted by Crippen LogP contribution is -2.11. The van der Waals surface area contributed by atoms with Crippen LogP contribution in [0.3, 0.4) is 0 Å². The number of furan rings is 1. The van der Waals surface area contributed by atoms with Crippen molar-refractivity contribution in [1.29, 1.82) is 10.5 Å². The lowest BCUT2D eigenvalue weighted by molar-refractivity contribution is -0.114. The van der Waals surface area contributed by atoms with Crippen LogP contribution in [0, 0.1) is 22.7 Å². The van der Waals surface area contributed by atoms with E-state index in [0.29, 0.717) is 5.76 Å². The van der Waals surface area contributed by atoms with Crippen molar-refractivity contribution in [3.05, 3.63) is 29.5 Å². The number of thiol groups is 1. The number of hydrogen-bond donors (Lipinski definition) is 2. The van der Waals surface area contributed by atoms with Crippen LogP contribution in [0.2, 0.25) is 0 Å². The molecular weight excluding hydrogens is 276 g/mol. The zero-order valence-electron chi connectivity index (χ0n) is 10.3. The molecule has 0 fully saturated rings. The molecule has 0 atom stereocenters. The van der Waals surface area contributed by atoms with Crippen molar-refractivity contribution < 1.29 is 9.21 Å². The first kappa shape index (κ1) is 13.7. The van der Waals surface area contributed by atoms with E-state index in [1.54, 1.807) is 12.1 Å². The van der Waals surface area contributed by atoms with Crippen molar-refractivity contribution >= 4 is 24.4 Å². The minimum atomic E-state index is -0.378. The van der Waals surface area contributed by atoms with E-state index in [9.17, 15) is 15.3 Å². The largest absolute Gasteiger partial charge is 0.464 e. The Hall–Kier alpha value is -2.77. The van der Waals surface area contributed by atoms with Gasteiger partial charge in [-0.15, -0.1) is 12.6 Å². The second-order valence-corrected chi connectivity index (χ2v) is 4.21. The molecule has 0 unspecified atom stereocenters. The van der Waals surface area contributed by atoms with Gasteiger partial charge in [-0.1, -0.05) is 0 Å². The third-order valence-electron chi connectivity index (χ3n) is 2.46. The van der Waals surface area contributed by atoms with E-state index < -0.39 is 0 Å². The highest BCUT2D eigenvalue weighted by Crippen LogP contribution is 2.34. The number of nitriles is 2. The van der Waals surface area contributed by atoms with E-state index in [-0.39, 0.29) is 33.4 Å². The maximum atomic E-state index is 11.2. The smallest absolute Gasteiger partial charge is 0.222 e. The first-order valence-corrected chi connectivity index (χ1v) is 5.91. The fourth-order valence-electron chi connectivity index (χ4n) is 1.71. The number of carbonyl (C=O) groups excluding carboxylic acids is 1. The van der Waals surface area contributed by atoms with Gasteiger partial charge in [0.15, 0.2) is 5.82 Å². The number of amides is 1. The van der Waals surface area contributed by atoms with Crippen LogP contribution in [0.15, 0.2) is 27.8 Å². The van der Waals surface area contributed by atoms with Crippen molar-refractivity contribution in [3.8, 4) is 23.5 Å². The van der Waals surface area contributed by atoms with Gasteiger partial charge in [0, 0.05) is 6.92 Å². The predicted octanol–water partition coefficient (Wildman–Crippen LogP) is 2.33. The Bertz CT molecular complexity index is 754. The molecule has 6 nitrogen and oxygen atoms in total. The van der Waals surface area contributed by atoms with Crippen molar-refractivity contribution in [3.63, 3.8) is 0 Å². The number of anilines is 1. The summed E-state index contributed by atoms with van der Waals surface area (Å²) in [6, 6.07) is 7.13. The third-order valence-corrected chi connectivity index (χ3v) is 2.79. The van der Waals surface area contributed by atoms with Gasteiger partial charge in [0.05, 0.1) is 17.4 Å². The molecule has 7 heteroatoms. The Morgan fingerprint density at radius 2 is 2.10 bits per heavy atom. The van der Waals surface area contributed by atoms with Gasteiger partial charge in [0.25, 0.3) is 0 Å². The molecule has 98 valence electrons. The minimum absolute atomic E-state index is 0.0513. The van der Waals surface area contributed by atoms with Crippen LogP contribution in [0.4, 0.5) is 5.82 Å². The van der Waals surface area contributed by atoms with Crippen molar-refractivity contribution in [2.75, 3.05) is 5.32 Å². The molecule has 0 radical (unpaired) electrons. The molecule has 0 bridgehead atoms. The molecule has 0 saturated heterocycles. The van der Waals surface area contributed by atoms with Crippen LogP contribution in [0.1, 0.15) is 18.1 Å². The summed E-state index contributed by atoms with van der Waals surface area (Å²) in [6.45, 7) is 1.30. The number of aromatic nitrogens is 1. The predicted molar refractivity (Wildman–Crippen MR) is 72.9 cm³/mol. The Morgan fingerprint density at radius 3 is 2.60 bits per heavy atom. The van der Waals surface area contributed by atoms with Crippen molar-refractivity contribution in [2.45, 2.75) is 11.9 Å². The first-order valence-electron chi connectivity index (χ1n) is 5.47. The van der Waals surface area contributed by atoms with Gasteiger partial charge in [0.1, 0.15) is 28.5 Å². The van der Waals surface area contributed by atoms with Gasteiger partial charge in [0.2, 0.25) is 5.91 Å². The summed E-state index contributed by atoms with van der Waals surface area (Å²) in [5, 5.41) is 21.1. The fourth-order valence-corrected chi connectivity index (χ4v) is 1.97. The average Bonchev–Trinajstić information content (AvgIpc) is 2.90. The number of carbonyl (C=O) groups is 1. The topological polar surface area (TPSA) is 103 Å². The highest BCUT2D eigenvalue weighted by molar-refractivity contribution is 7.80. The van der Waals surface area contributed by atoms with E-state index >= 15 is 0 Å². The molecule has 0 spiro atoms. The molecule has 20 heavy (non-hydrogen) atoms. The molecule has 0 aromatic carbocycles. The normalized spacial score (nSPS) is 9.60. The van der Waals surface area contributed by atoms with E-state index in [0.717, 1.165) is 0 Å². The maximum absolute atomic E-state index is 11.2. The number of rotatable bonds is 2. The maximum Gasteiger partial charge on any atom is 0.222 e. The standard InChI is InChI=1S/C13H8N4O2S/c1-7(18)16-12-8(5-14)11(10-3-2-4-19-10)9(6-15)13(20)17-12/h2-4H,1H3,(H2,16,17,18,20). The molecular formula is C13H8N4O2S. The second kappa shape index (κ2) is 5.47. The third kappa shape index (κ3) is 2.35. The van der Waals surface area contributed by atoms with Crippen LogP contribution in [-0.2, 0) is 4.79 Å². The molecule has 2 heterocycles. The molecule has 1 amide bonds. The van der Waals surface area contributed by atoms with Gasteiger partial charge in [-0.25, -0.2) is 4.98 Å². The SMILES string of the molecule is CC(=O)Nc1nc(S)c(C#N)c(-c2ccco2)c1C#N. The van der Waals surface area contributed by atoms with Gasteiger partial charge >= 0.3 is 0 Å². The van der Waals surface area contributed by atoms with Crippen molar-refractivity contribution in [2.24, 2.45) is 0 Å². The molecule has 2 aromatic heterocycles. The molecule has 0 aliphatic heterocycles. The molecule has 2 aromatic rings. The Labute approximate surface area is 120 Å². The van der Waals surface area contributed by atoms with Crippen LogP contribution >= 0.6 is 12.6 Å². The van der Waals surface area contributed by atoms with Gasteiger partial charge in [-0.3, -0.25) is 4.79 Å². The van der Waals surface area contributed by atoms with Gasteiger partial charge in [-0.2, -0.15) is 10.5 Å². The quantitative estimate of drug-likeness (QED) is 0.824. The number of nitrogens with one attached hydrogen (secondary N) is 1. The zero-order chi connectivity index (χ0) is 14.7. The first-order chi connectivity index (χ1) is 9.58.